The van der Waals surface area contributed by atoms with E-state index in [2.05, 4.69) is 39.0 Å². The minimum absolute atomic E-state index is 0.135. The molecule has 0 bridgehead atoms. The minimum Gasteiger partial charge on any atom is -0.493 e. The van der Waals surface area contributed by atoms with Gasteiger partial charge in [-0.1, -0.05) is 32.9 Å². The van der Waals surface area contributed by atoms with E-state index in [0.29, 0.717) is 0 Å². The maximum atomic E-state index is 6.08. The molecule has 15 heavy (non-hydrogen) atoms. The maximum absolute atomic E-state index is 6.08. The van der Waals surface area contributed by atoms with Gasteiger partial charge in [0.25, 0.3) is 0 Å². The van der Waals surface area contributed by atoms with Crippen LogP contribution >= 0.6 is 0 Å². The molecule has 1 aromatic rings. The summed E-state index contributed by atoms with van der Waals surface area (Å²) in [4.78, 5) is 0. The number of fused-ring (bicyclic) bond motifs is 1. The second kappa shape index (κ2) is 3.53. The molecule has 0 saturated heterocycles. The van der Waals surface area contributed by atoms with E-state index in [1.807, 2.05) is 0 Å². The van der Waals surface area contributed by atoms with Gasteiger partial charge in [0.1, 0.15) is 5.75 Å². The molecular formula is C13H19NO. The van der Waals surface area contributed by atoms with Crippen LogP contribution in [0.3, 0.4) is 0 Å². The Labute approximate surface area is 91.4 Å². The van der Waals surface area contributed by atoms with E-state index in [-0.39, 0.29) is 11.5 Å². The quantitative estimate of drug-likeness (QED) is 0.707. The molecule has 2 rings (SSSR count). The molecule has 82 valence electrons. The monoisotopic (exact) mass is 205 g/mol. The Balaban J connectivity index is 2.44. The van der Waals surface area contributed by atoms with Gasteiger partial charge < -0.3 is 10.5 Å². The van der Waals surface area contributed by atoms with Crippen LogP contribution in [0.15, 0.2) is 18.2 Å². The van der Waals surface area contributed by atoms with Crippen molar-refractivity contribution in [1.82, 2.24) is 0 Å². The smallest absolute Gasteiger partial charge is 0.124 e. The van der Waals surface area contributed by atoms with Crippen LogP contribution in [0.1, 0.15) is 44.4 Å². The first-order valence-corrected chi connectivity index (χ1v) is 5.51. The second-order valence-corrected chi connectivity index (χ2v) is 5.25. The first kappa shape index (κ1) is 10.5. The number of benzene rings is 1. The molecule has 0 amide bonds. The van der Waals surface area contributed by atoms with Crippen molar-refractivity contribution in [1.29, 1.82) is 0 Å². The summed E-state index contributed by atoms with van der Waals surface area (Å²) in [7, 11) is 0. The Hall–Kier alpha value is -1.02. The van der Waals surface area contributed by atoms with Crippen molar-refractivity contribution in [3.8, 4) is 5.75 Å². The Morgan fingerprint density at radius 2 is 2.07 bits per heavy atom. The fraction of sp³-hybridized carbons (Fsp3) is 0.538. The van der Waals surface area contributed by atoms with Gasteiger partial charge in [-0.3, -0.25) is 0 Å². The largest absolute Gasteiger partial charge is 0.493 e. The molecular weight excluding hydrogens is 186 g/mol. The van der Waals surface area contributed by atoms with E-state index in [9.17, 15) is 0 Å². The molecule has 0 saturated carbocycles. The van der Waals surface area contributed by atoms with Crippen molar-refractivity contribution in [2.75, 3.05) is 6.61 Å². The number of hydrogen-bond donors (Lipinski definition) is 1. The third-order valence-electron chi connectivity index (χ3n) is 2.96. The molecule has 1 heterocycles. The molecule has 1 aromatic carbocycles. The number of hydrogen-bond acceptors (Lipinski definition) is 2. The minimum atomic E-state index is 0.135. The normalized spacial score (nSPS) is 20.7. The van der Waals surface area contributed by atoms with Gasteiger partial charge in [0.15, 0.2) is 0 Å². The topological polar surface area (TPSA) is 35.2 Å². The lowest BCUT2D eigenvalue weighted by Gasteiger charge is -2.26. The van der Waals surface area contributed by atoms with Gasteiger partial charge in [-0.05, 0) is 17.0 Å². The average Bonchev–Trinajstić information content (AvgIpc) is 2.16. The molecule has 1 unspecified atom stereocenters. The van der Waals surface area contributed by atoms with Gasteiger partial charge >= 0.3 is 0 Å². The molecule has 0 fully saturated rings. The first-order valence-electron chi connectivity index (χ1n) is 5.51. The lowest BCUT2D eigenvalue weighted by atomic mass is 9.84. The molecule has 0 aliphatic carbocycles. The highest BCUT2D eigenvalue weighted by atomic mass is 16.5. The highest BCUT2D eigenvalue weighted by Crippen LogP contribution is 2.34. The Morgan fingerprint density at radius 1 is 1.33 bits per heavy atom. The maximum Gasteiger partial charge on any atom is 0.124 e. The average molecular weight is 205 g/mol. The molecule has 1 aliphatic heterocycles. The second-order valence-electron chi connectivity index (χ2n) is 5.25. The van der Waals surface area contributed by atoms with Crippen LogP contribution < -0.4 is 10.5 Å². The summed E-state index contributed by atoms with van der Waals surface area (Å²) in [5.74, 6) is 0.960. The number of nitrogens with two attached hydrogens (primary N) is 1. The SMILES string of the molecule is CC(C)(C)c1ccc2c(c1)C(N)CCO2. The van der Waals surface area contributed by atoms with Crippen LogP contribution in [0.25, 0.3) is 0 Å². The fourth-order valence-corrected chi connectivity index (χ4v) is 1.89. The predicted octanol–water partition coefficient (Wildman–Crippen LogP) is 2.77. The van der Waals surface area contributed by atoms with E-state index in [1.165, 1.54) is 5.56 Å². The van der Waals surface area contributed by atoms with Crippen molar-refractivity contribution in [2.24, 2.45) is 5.73 Å². The van der Waals surface area contributed by atoms with E-state index < -0.39 is 0 Å². The van der Waals surface area contributed by atoms with E-state index in [1.54, 1.807) is 0 Å². The Kier molecular flexibility index (Phi) is 2.47. The summed E-state index contributed by atoms with van der Waals surface area (Å²) in [6.45, 7) is 7.38. The van der Waals surface area contributed by atoms with Gasteiger partial charge in [-0.15, -0.1) is 0 Å². The van der Waals surface area contributed by atoms with Crippen LogP contribution in [0.2, 0.25) is 0 Å². The molecule has 0 radical (unpaired) electrons. The van der Waals surface area contributed by atoms with Crippen LogP contribution in [0.4, 0.5) is 0 Å². The summed E-state index contributed by atoms with van der Waals surface area (Å²) in [5.41, 5.74) is 8.73. The van der Waals surface area contributed by atoms with Crippen LogP contribution in [-0.2, 0) is 5.41 Å². The third-order valence-corrected chi connectivity index (χ3v) is 2.96. The number of ether oxygens (including phenoxy) is 1. The van der Waals surface area contributed by atoms with Crippen LogP contribution in [0.5, 0.6) is 5.75 Å². The Morgan fingerprint density at radius 3 is 2.73 bits per heavy atom. The summed E-state index contributed by atoms with van der Waals surface area (Å²) < 4.78 is 5.58. The lowest BCUT2D eigenvalue weighted by molar-refractivity contribution is 0.268. The third kappa shape index (κ3) is 2.00. The van der Waals surface area contributed by atoms with Crippen molar-refractivity contribution in [3.63, 3.8) is 0 Å². The zero-order chi connectivity index (χ0) is 11.1. The highest BCUT2D eigenvalue weighted by Gasteiger charge is 2.21. The van der Waals surface area contributed by atoms with Crippen molar-refractivity contribution in [3.05, 3.63) is 29.3 Å². The molecule has 2 heteroatoms. The van der Waals surface area contributed by atoms with Crippen molar-refractivity contribution in [2.45, 2.75) is 38.6 Å². The zero-order valence-corrected chi connectivity index (χ0v) is 9.71. The summed E-state index contributed by atoms with van der Waals surface area (Å²) in [5, 5.41) is 0. The summed E-state index contributed by atoms with van der Waals surface area (Å²) in [6.07, 6.45) is 0.917. The molecule has 1 aliphatic rings. The van der Waals surface area contributed by atoms with E-state index in [4.69, 9.17) is 10.5 Å². The molecule has 0 spiro atoms. The highest BCUT2D eigenvalue weighted by molar-refractivity contribution is 5.42. The van der Waals surface area contributed by atoms with Crippen molar-refractivity contribution >= 4 is 0 Å². The van der Waals surface area contributed by atoms with Gasteiger partial charge in [0, 0.05) is 18.0 Å². The molecule has 1 atom stereocenters. The Bertz CT molecular complexity index is 365. The van der Waals surface area contributed by atoms with Gasteiger partial charge in [0.05, 0.1) is 6.61 Å². The summed E-state index contributed by atoms with van der Waals surface area (Å²) in [6, 6.07) is 6.52. The molecule has 0 aromatic heterocycles. The number of rotatable bonds is 0. The van der Waals surface area contributed by atoms with Crippen LogP contribution in [0, 0.1) is 0 Å². The zero-order valence-electron chi connectivity index (χ0n) is 9.71. The standard InChI is InChI=1S/C13H19NO/c1-13(2,3)9-4-5-12-10(8-9)11(14)6-7-15-12/h4-5,8,11H,6-7,14H2,1-3H3. The lowest BCUT2D eigenvalue weighted by Crippen LogP contribution is -2.22. The van der Waals surface area contributed by atoms with Crippen LogP contribution in [-0.4, -0.2) is 6.61 Å². The van der Waals surface area contributed by atoms with E-state index >= 15 is 0 Å². The van der Waals surface area contributed by atoms with Gasteiger partial charge in [-0.2, -0.15) is 0 Å². The summed E-state index contributed by atoms with van der Waals surface area (Å²) >= 11 is 0. The van der Waals surface area contributed by atoms with Gasteiger partial charge in [-0.25, -0.2) is 0 Å². The van der Waals surface area contributed by atoms with Gasteiger partial charge in [0.2, 0.25) is 0 Å². The predicted molar refractivity (Wildman–Crippen MR) is 62.2 cm³/mol. The van der Waals surface area contributed by atoms with Crippen molar-refractivity contribution < 1.29 is 4.74 Å². The first-order chi connectivity index (χ1) is 6.98. The van der Waals surface area contributed by atoms with E-state index in [0.717, 1.165) is 24.3 Å². The molecule has 2 nitrogen and oxygen atoms in total. The molecule has 2 N–H and O–H groups in total. The fourth-order valence-electron chi connectivity index (χ4n) is 1.89.